The number of hydrogen-bond donors (Lipinski definition) is 1. The smallest absolute Gasteiger partial charge is 0.0916 e. The Kier molecular flexibility index (Phi) is 8.66. The van der Waals surface area contributed by atoms with Crippen LogP contribution in [0.1, 0.15) is 51.2 Å². The maximum Gasteiger partial charge on any atom is 0.0916 e. The van der Waals surface area contributed by atoms with Crippen LogP contribution in [0, 0.1) is 0 Å². The molecule has 0 aliphatic heterocycles. The average molecular weight is 404 g/mol. The summed E-state index contributed by atoms with van der Waals surface area (Å²) in [5, 5.41) is 10.6. The first kappa shape index (κ1) is 20.2. The van der Waals surface area contributed by atoms with Crippen LogP contribution in [-0.4, -0.2) is 29.6 Å². The van der Waals surface area contributed by atoms with Gasteiger partial charge < -0.3 is 10.0 Å². The van der Waals surface area contributed by atoms with Gasteiger partial charge in [-0.25, -0.2) is 0 Å². The van der Waals surface area contributed by atoms with Crippen LogP contribution in [0.15, 0.2) is 53.0 Å². The van der Waals surface area contributed by atoms with Crippen molar-refractivity contribution >= 4 is 15.9 Å². The first-order valence-electron chi connectivity index (χ1n) is 9.40. The molecule has 2 rings (SSSR count). The zero-order valence-corrected chi connectivity index (χ0v) is 17.0. The molecule has 0 bridgehead atoms. The minimum absolute atomic E-state index is 0.423. The van der Waals surface area contributed by atoms with Gasteiger partial charge in [0.2, 0.25) is 0 Å². The van der Waals surface area contributed by atoms with Crippen molar-refractivity contribution in [1.82, 2.24) is 4.90 Å². The summed E-state index contributed by atoms with van der Waals surface area (Å²) in [5.41, 5.74) is 3.37. The number of benzene rings is 2. The molecule has 0 fully saturated rings. The summed E-state index contributed by atoms with van der Waals surface area (Å²) in [7, 11) is 0. The third kappa shape index (κ3) is 6.58. The predicted molar refractivity (Wildman–Crippen MR) is 111 cm³/mol. The summed E-state index contributed by atoms with van der Waals surface area (Å²) in [6, 6.07) is 16.6. The Morgan fingerprint density at radius 2 is 1.32 bits per heavy atom. The Hall–Kier alpha value is -1.16. The van der Waals surface area contributed by atoms with Crippen LogP contribution in [0.4, 0.5) is 0 Å². The van der Waals surface area contributed by atoms with Gasteiger partial charge in [0.15, 0.2) is 0 Å². The van der Waals surface area contributed by atoms with Crippen LogP contribution in [-0.2, 0) is 0 Å². The second-order valence-corrected chi connectivity index (χ2v) is 7.57. The molecule has 1 N–H and O–H groups in total. The van der Waals surface area contributed by atoms with E-state index in [1.807, 2.05) is 0 Å². The second-order valence-electron chi connectivity index (χ2n) is 6.65. The van der Waals surface area contributed by atoms with E-state index in [2.05, 4.69) is 83.2 Å². The third-order valence-electron chi connectivity index (χ3n) is 4.56. The molecule has 2 aromatic rings. The predicted octanol–water partition coefficient (Wildman–Crippen LogP) is 6.05. The molecule has 0 spiro atoms. The Balaban J connectivity index is 2.00. The molecule has 25 heavy (non-hydrogen) atoms. The van der Waals surface area contributed by atoms with Gasteiger partial charge in [-0.3, -0.25) is 0 Å². The largest absolute Gasteiger partial charge is 0.387 e. The normalized spacial score (nSPS) is 12.5. The van der Waals surface area contributed by atoms with E-state index in [9.17, 15) is 5.11 Å². The maximum absolute atomic E-state index is 10.6. The lowest BCUT2D eigenvalue weighted by molar-refractivity contribution is 0.111. The van der Waals surface area contributed by atoms with Crippen molar-refractivity contribution < 1.29 is 5.11 Å². The van der Waals surface area contributed by atoms with E-state index in [4.69, 9.17) is 0 Å². The van der Waals surface area contributed by atoms with Gasteiger partial charge in [0, 0.05) is 11.0 Å². The fourth-order valence-corrected chi connectivity index (χ4v) is 3.21. The fraction of sp³-hybridized carbons (Fsp3) is 0.455. The summed E-state index contributed by atoms with van der Waals surface area (Å²) in [4.78, 5) is 2.40. The van der Waals surface area contributed by atoms with Crippen molar-refractivity contribution in [2.75, 3.05) is 19.6 Å². The van der Waals surface area contributed by atoms with Gasteiger partial charge in [0.1, 0.15) is 0 Å². The first-order valence-corrected chi connectivity index (χ1v) is 10.2. The van der Waals surface area contributed by atoms with E-state index in [0.29, 0.717) is 0 Å². The van der Waals surface area contributed by atoms with E-state index in [0.717, 1.165) is 29.7 Å². The molecule has 1 atom stereocenters. The molecule has 0 aliphatic carbocycles. The van der Waals surface area contributed by atoms with E-state index >= 15 is 0 Å². The van der Waals surface area contributed by atoms with Gasteiger partial charge in [-0.05, 0) is 54.8 Å². The number of aliphatic hydroxyl groups excluding tert-OH is 1. The molecule has 1 unspecified atom stereocenters. The summed E-state index contributed by atoms with van der Waals surface area (Å²) in [6.07, 6.45) is 4.35. The summed E-state index contributed by atoms with van der Waals surface area (Å²) < 4.78 is 1.09. The van der Waals surface area contributed by atoms with Crippen molar-refractivity contribution in [3.8, 4) is 11.1 Å². The minimum Gasteiger partial charge on any atom is -0.387 e. The van der Waals surface area contributed by atoms with Crippen molar-refractivity contribution in [2.24, 2.45) is 0 Å². The Labute approximate surface area is 161 Å². The monoisotopic (exact) mass is 403 g/mol. The van der Waals surface area contributed by atoms with Crippen molar-refractivity contribution in [3.63, 3.8) is 0 Å². The number of halogens is 1. The minimum atomic E-state index is -0.423. The van der Waals surface area contributed by atoms with Gasteiger partial charge in [-0.1, -0.05) is 79.0 Å². The van der Waals surface area contributed by atoms with Crippen LogP contribution in [0.5, 0.6) is 0 Å². The molecular formula is C22H30BrNO. The molecule has 2 aromatic carbocycles. The van der Waals surface area contributed by atoms with E-state index in [-0.39, 0.29) is 0 Å². The van der Waals surface area contributed by atoms with Crippen LogP contribution < -0.4 is 0 Å². The molecule has 0 heterocycles. The van der Waals surface area contributed by atoms with Crippen LogP contribution in [0.25, 0.3) is 11.1 Å². The molecule has 0 amide bonds. The zero-order chi connectivity index (χ0) is 18.1. The van der Waals surface area contributed by atoms with Crippen LogP contribution >= 0.6 is 15.9 Å². The van der Waals surface area contributed by atoms with Gasteiger partial charge >= 0.3 is 0 Å². The lowest BCUT2D eigenvalue weighted by Gasteiger charge is -2.25. The summed E-state index contributed by atoms with van der Waals surface area (Å²) in [5.74, 6) is 0. The number of aliphatic hydroxyl groups is 1. The highest BCUT2D eigenvalue weighted by atomic mass is 79.9. The molecule has 136 valence electrons. The quantitative estimate of drug-likeness (QED) is 0.521. The molecule has 0 aromatic heterocycles. The highest BCUT2D eigenvalue weighted by Crippen LogP contribution is 2.24. The third-order valence-corrected chi connectivity index (χ3v) is 5.09. The van der Waals surface area contributed by atoms with E-state index in [1.54, 1.807) is 0 Å². The van der Waals surface area contributed by atoms with Crippen molar-refractivity contribution in [2.45, 2.75) is 45.6 Å². The summed E-state index contributed by atoms with van der Waals surface area (Å²) in [6.45, 7) is 7.30. The molecular weight excluding hydrogens is 374 g/mol. The first-order chi connectivity index (χ1) is 12.1. The molecule has 0 saturated heterocycles. The number of nitrogens with zero attached hydrogens (tertiary/aromatic N) is 1. The molecule has 0 aliphatic rings. The Morgan fingerprint density at radius 3 is 1.80 bits per heavy atom. The highest BCUT2D eigenvalue weighted by Gasteiger charge is 2.13. The van der Waals surface area contributed by atoms with E-state index in [1.165, 1.54) is 36.8 Å². The van der Waals surface area contributed by atoms with Gasteiger partial charge in [-0.2, -0.15) is 0 Å². The maximum atomic E-state index is 10.6. The molecule has 0 saturated carbocycles. The molecule has 3 heteroatoms. The standard InChI is InChI=1S/C22H30BrNO/c1-3-5-15-24(16-6-4-2)17-22(25)20-9-7-18(8-10-20)19-11-13-21(23)14-12-19/h7-14,22,25H,3-6,15-17H2,1-2H3. The van der Waals surface area contributed by atoms with Crippen molar-refractivity contribution in [3.05, 3.63) is 58.6 Å². The van der Waals surface area contributed by atoms with Crippen LogP contribution in [0.3, 0.4) is 0 Å². The fourth-order valence-electron chi connectivity index (χ4n) is 2.95. The van der Waals surface area contributed by atoms with E-state index < -0.39 is 6.10 Å². The second kappa shape index (κ2) is 10.7. The SMILES string of the molecule is CCCCN(CCCC)CC(O)c1ccc(-c2ccc(Br)cc2)cc1. The Bertz CT molecular complexity index is 601. The summed E-state index contributed by atoms with van der Waals surface area (Å²) >= 11 is 3.47. The lowest BCUT2D eigenvalue weighted by atomic mass is 10.0. The molecule has 2 nitrogen and oxygen atoms in total. The van der Waals surface area contributed by atoms with Crippen LogP contribution in [0.2, 0.25) is 0 Å². The van der Waals surface area contributed by atoms with Crippen molar-refractivity contribution in [1.29, 1.82) is 0 Å². The van der Waals surface area contributed by atoms with Gasteiger partial charge in [0.05, 0.1) is 6.10 Å². The number of rotatable bonds is 10. The topological polar surface area (TPSA) is 23.5 Å². The zero-order valence-electron chi connectivity index (χ0n) is 15.4. The lowest BCUT2D eigenvalue weighted by Crippen LogP contribution is -2.30. The van der Waals surface area contributed by atoms with Gasteiger partial charge in [0.25, 0.3) is 0 Å². The van der Waals surface area contributed by atoms with Gasteiger partial charge in [-0.15, -0.1) is 0 Å². The molecule has 0 radical (unpaired) electrons. The highest BCUT2D eigenvalue weighted by molar-refractivity contribution is 9.10. The number of hydrogen-bond acceptors (Lipinski definition) is 2. The average Bonchev–Trinajstić information content (AvgIpc) is 2.64. The number of unbranched alkanes of at least 4 members (excludes halogenated alkanes) is 2. The Morgan fingerprint density at radius 1 is 0.840 bits per heavy atom.